The summed E-state index contributed by atoms with van der Waals surface area (Å²) in [6.07, 6.45) is 4.37. The Morgan fingerprint density at radius 1 is 0.932 bits per heavy atom. The SMILES string of the molecule is COCC(=O)NCCc1ccc(Nc2nccc(-c3c(-c4cccc(NC(=O)c5cccs5)c4)nc4ccccn34)n2)cc1. The molecule has 10 nitrogen and oxygen atoms in total. The van der Waals surface area contributed by atoms with Gasteiger partial charge in [-0.25, -0.2) is 15.0 Å². The van der Waals surface area contributed by atoms with Crippen LogP contribution in [0.15, 0.2) is 103 Å². The highest BCUT2D eigenvalue weighted by Crippen LogP contribution is 2.33. The van der Waals surface area contributed by atoms with Crippen molar-refractivity contribution in [2.75, 3.05) is 30.9 Å². The van der Waals surface area contributed by atoms with E-state index in [0.717, 1.165) is 33.8 Å². The number of amides is 2. The topological polar surface area (TPSA) is 123 Å². The number of pyridine rings is 1. The van der Waals surface area contributed by atoms with Crippen molar-refractivity contribution in [1.82, 2.24) is 24.7 Å². The molecule has 0 saturated heterocycles. The van der Waals surface area contributed by atoms with Gasteiger partial charge in [0.25, 0.3) is 5.91 Å². The van der Waals surface area contributed by atoms with Crippen LogP contribution >= 0.6 is 11.3 Å². The molecule has 0 aliphatic heterocycles. The fraction of sp³-hybridized carbons (Fsp3) is 0.121. The van der Waals surface area contributed by atoms with E-state index >= 15 is 0 Å². The molecule has 0 unspecified atom stereocenters. The normalized spacial score (nSPS) is 10.9. The lowest BCUT2D eigenvalue weighted by Crippen LogP contribution is -2.28. The van der Waals surface area contributed by atoms with Crippen molar-refractivity contribution in [3.05, 3.63) is 113 Å². The van der Waals surface area contributed by atoms with Gasteiger partial charge in [0.05, 0.1) is 22.0 Å². The second-order valence-corrected chi connectivity index (χ2v) is 10.8. The Morgan fingerprint density at radius 2 is 1.82 bits per heavy atom. The Morgan fingerprint density at radius 3 is 2.64 bits per heavy atom. The van der Waals surface area contributed by atoms with Crippen LogP contribution < -0.4 is 16.0 Å². The first kappa shape index (κ1) is 28.7. The monoisotopic (exact) mass is 603 g/mol. The highest BCUT2D eigenvalue weighted by molar-refractivity contribution is 7.12. The van der Waals surface area contributed by atoms with Gasteiger partial charge in [-0.15, -0.1) is 11.3 Å². The molecule has 4 heterocycles. The highest BCUT2D eigenvalue weighted by Gasteiger charge is 2.18. The zero-order valence-electron chi connectivity index (χ0n) is 23.9. The van der Waals surface area contributed by atoms with Crippen molar-refractivity contribution in [3.8, 4) is 22.6 Å². The lowest BCUT2D eigenvalue weighted by Gasteiger charge is -2.10. The standard InChI is InChI=1S/C33H29N7O3S/c1-43-21-29(41)34-16-14-22-10-12-24(13-11-22)37-33-35-17-15-26(38-33)31-30(39-28-9-2-3-18-40(28)31)23-6-4-7-25(20-23)36-32(42)27-8-5-19-44-27/h2-13,15,17-20H,14,16,21H2,1H3,(H,34,41)(H,36,42)(H,35,37,38). The molecule has 0 aliphatic carbocycles. The molecule has 0 atom stereocenters. The third kappa shape index (κ3) is 6.64. The van der Waals surface area contributed by atoms with Crippen LogP contribution in [0.2, 0.25) is 0 Å². The van der Waals surface area contributed by atoms with Crippen molar-refractivity contribution in [2.45, 2.75) is 6.42 Å². The largest absolute Gasteiger partial charge is 0.375 e. The van der Waals surface area contributed by atoms with E-state index in [2.05, 4.69) is 20.9 Å². The molecule has 4 aromatic heterocycles. The summed E-state index contributed by atoms with van der Waals surface area (Å²) < 4.78 is 6.84. The molecule has 220 valence electrons. The van der Waals surface area contributed by atoms with Crippen LogP contribution in [0.4, 0.5) is 17.3 Å². The van der Waals surface area contributed by atoms with Gasteiger partial charge in [0.2, 0.25) is 11.9 Å². The molecule has 11 heteroatoms. The number of hydrogen-bond acceptors (Lipinski definition) is 8. The maximum absolute atomic E-state index is 12.7. The average molecular weight is 604 g/mol. The predicted molar refractivity (Wildman–Crippen MR) is 172 cm³/mol. The molecule has 0 radical (unpaired) electrons. The summed E-state index contributed by atoms with van der Waals surface area (Å²) in [6, 6.07) is 26.9. The van der Waals surface area contributed by atoms with Gasteiger partial charge in [0, 0.05) is 43.0 Å². The van der Waals surface area contributed by atoms with Crippen molar-refractivity contribution in [1.29, 1.82) is 0 Å². The van der Waals surface area contributed by atoms with E-state index in [1.165, 1.54) is 18.4 Å². The number of nitrogens with zero attached hydrogens (tertiary/aromatic N) is 4. The summed E-state index contributed by atoms with van der Waals surface area (Å²) in [5.41, 5.74) is 6.44. The number of nitrogens with one attached hydrogen (secondary N) is 3. The van der Waals surface area contributed by atoms with E-state index in [4.69, 9.17) is 14.7 Å². The van der Waals surface area contributed by atoms with Gasteiger partial charge in [-0.2, -0.15) is 0 Å². The molecular weight excluding hydrogens is 574 g/mol. The van der Waals surface area contributed by atoms with E-state index in [1.807, 2.05) is 94.8 Å². The average Bonchev–Trinajstić information content (AvgIpc) is 3.72. The second-order valence-electron chi connectivity index (χ2n) is 9.87. The van der Waals surface area contributed by atoms with Gasteiger partial charge >= 0.3 is 0 Å². The molecule has 0 fully saturated rings. The van der Waals surface area contributed by atoms with Crippen LogP contribution in [0.1, 0.15) is 15.2 Å². The highest BCUT2D eigenvalue weighted by atomic mass is 32.1. The molecule has 44 heavy (non-hydrogen) atoms. The van der Waals surface area contributed by atoms with Gasteiger partial charge in [-0.05, 0) is 65.9 Å². The number of hydrogen-bond donors (Lipinski definition) is 3. The fourth-order valence-corrected chi connectivity index (χ4v) is 5.37. The van der Waals surface area contributed by atoms with Crippen molar-refractivity contribution < 1.29 is 14.3 Å². The number of fused-ring (bicyclic) bond motifs is 1. The van der Waals surface area contributed by atoms with Gasteiger partial charge in [0.1, 0.15) is 12.3 Å². The summed E-state index contributed by atoms with van der Waals surface area (Å²) in [5, 5.41) is 11.0. The zero-order valence-corrected chi connectivity index (χ0v) is 24.7. The summed E-state index contributed by atoms with van der Waals surface area (Å²) in [5.74, 6) is 0.155. The molecule has 0 spiro atoms. The smallest absolute Gasteiger partial charge is 0.265 e. The molecule has 2 aromatic carbocycles. The van der Waals surface area contributed by atoms with Crippen LogP contribution in [-0.2, 0) is 16.0 Å². The van der Waals surface area contributed by atoms with Crippen LogP contribution in [0, 0.1) is 0 Å². The molecule has 2 amide bonds. The number of aromatic nitrogens is 4. The number of thiophene rings is 1. The Labute approximate surface area is 257 Å². The fourth-order valence-electron chi connectivity index (χ4n) is 4.75. The van der Waals surface area contributed by atoms with E-state index < -0.39 is 0 Å². The van der Waals surface area contributed by atoms with E-state index in [0.29, 0.717) is 35.2 Å². The summed E-state index contributed by atoms with van der Waals surface area (Å²) >= 11 is 1.40. The quantitative estimate of drug-likeness (QED) is 0.171. The minimum absolute atomic E-state index is 0.0546. The van der Waals surface area contributed by atoms with Crippen molar-refractivity contribution in [2.24, 2.45) is 0 Å². The molecule has 0 bridgehead atoms. The van der Waals surface area contributed by atoms with E-state index in [1.54, 1.807) is 12.3 Å². The molecule has 6 rings (SSSR count). The van der Waals surface area contributed by atoms with Crippen LogP contribution in [0.3, 0.4) is 0 Å². The molecular formula is C33H29N7O3S. The number of methoxy groups -OCH3 is 1. The minimum atomic E-state index is -0.152. The summed E-state index contributed by atoms with van der Waals surface area (Å²) in [7, 11) is 1.50. The Balaban J connectivity index is 1.24. The van der Waals surface area contributed by atoms with E-state index in [-0.39, 0.29) is 18.4 Å². The Kier molecular flexibility index (Phi) is 8.67. The van der Waals surface area contributed by atoms with Gasteiger partial charge in [-0.3, -0.25) is 14.0 Å². The van der Waals surface area contributed by atoms with Crippen LogP contribution in [0.25, 0.3) is 28.3 Å². The molecule has 0 saturated carbocycles. The second kappa shape index (κ2) is 13.3. The maximum atomic E-state index is 12.7. The maximum Gasteiger partial charge on any atom is 0.265 e. The molecule has 3 N–H and O–H groups in total. The number of carbonyl (C=O) groups excluding carboxylic acids is 2. The lowest BCUT2D eigenvalue weighted by atomic mass is 10.1. The third-order valence-corrected chi connectivity index (χ3v) is 7.66. The number of imidazole rings is 1. The first-order valence-corrected chi connectivity index (χ1v) is 14.8. The van der Waals surface area contributed by atoms with Crippen LogP contribution in [0.5, 0.6) is 0 Å². The number of ether oxygens (including phenoxy) is 1. The minimum Gasteiger partial charge on any atom is -0.375 e. The first-order valence-electron chi connectivity index (χ1n) is 13.9. The Hall–Kier alpha value is -5.39. The van der Waals surface area contributed by atoms with Crippen LogP contribution in [-0.4, -0.2) is 51.4 Å². The summed E-state index contributed by atoms with van der Waals surface area (Å²) in [6.45, 7) is 0.588. The third-order valence-electron chi connectivity index (χ3n) is 6.79. The number of benzene rings is 2. The molecule has 0 aliphatic rings. The number of carbonyl (C=O) groups is 2. The Bertz CT molecular complexity index is 1900. The van der Waals surface area contributed by atoms with E-state index in [9.17, 15) is 9.59 Å². The van der Waals surface area contributed by atoms with Crippen molar-refractivity contribution >= 4 is 46.1 Å². The number of rotatable bonds is 11. The zero-order chi connectivity index (χ0) is 30.3. The summed E-state index contributed by atoms with van der Waals surface area (Å²) in [4.78, 5) is 39.2. The number of anilines is 3. The molecule has 6 aromatic rings. The van der Waals surface area contributed by atoms with Crippen molar-refractivity contribution in [3.63, 3.8) is 0 Å². The lowest BCUT2D eigenvalue weighted by molar-refractivity contribution is -0.124. The van der Waals surface area contributed by atoms with Gasteiger partial charge < -0.3 is 20.7 Å². The van der Waals surface area contributed by atoms with Gasteiger partial charge in [-0.1, -0.05) is 36.4 Å². The predicted octanol–water partition coefficient (Wildman–Crippen LogP) is 5.82. The first-order chi connectivity index (χ1) is 21.6. The van der Waals surface area contributed by atoms with Gasteiger partial charge in [0.15, 0.2) is 0 Å².